The minimum atomic E-state index is -0.683. The Labute approximate surface area is 107 Å². The zero-order valence-electron chi connectivity index (χ0n) is 9.74. The monoisotopic (exact) mass is 267 g/mol. The highest BCUT2D eigenvalue weighted by Gasteiger charge is 2.11. The summed E-state index contributed by atoms with van der Waals surface area (Å²) >= 11 is 1.47. The maximum atomic E-state index is 13.3. The van der Waals surface area contributed by atoms with E-state index in [4.69, 9.17) is 0 Å². The fourth-order valence-electron chi connectivity index (χ4n) is 1.63. The van der Waals surface area contributed by atoms with Crippen LogP contribution in [-0.4, -0.2) is 10.8 Å². The van der Waals surface area contributed by atoms with E-state index in [9.17, 15) is 13.6 Å². The lowest BCUT2D eigenvalue weighted by molar-refractivity contribution is -0.117. The topological polar surface area (TPSA) is 30.0 Å². The van der Waals surface area contributed by atoms with E-state index in [1.165, 1.54) is 17.4 Å². The third-order valence-electron chi connectivity index (χ3n) is 2.45. The number of aromatic nitrogens is 1. The van der Waals surface area contributed by atoms with Gasteiger partial charge in [0, 0.05) is 24.3 Å². The van der Waals surface area contributed by atoms with Crippen LogP contribution in [0.25, 0.3) is 0 Å². The van der Waals surface area contributed by atoms with Crippen molar-refractivity contribution in [2.24, 2.45) is 0 Å². The van der Waals surface area contributed by atoms with Gasteiger partial charge in [-0.3, -0.25) is 4.79 Å². The molecule has 0 saturated heterocycles. The Balaban J connectivity index is 2.03. The first-order chi connectivity index (χ1) is 8.54. The van der Waals surface area contributed by atoms with Crippen molar-refractivity contribution < 1.29 is 13.6 Å². The number of halogens is 2. The van der Waals surface area contributed by atoms with Crippen LogP contribution < -0.4 is 0 Å². The molecule has 0 bridgehead atoms. The third kappa shape index (κ3) is 3.20. The molecule has 0 unspecified atom stereocenters. The second-order valence-corrected chi connectivity index (χ2v) is 5.05. The highest BCUT2D eigenvalue weighted by Crippen LogP contribution is 2.13. The zero-order chi connectivity index (χ0) is 13.1. The Morgan fingerprint density at radius 1 is 1.33 bits per heavy atom. The highest BCUT2D eigenvalue weighted by atomic mass is 32.1. The van der Waals surface area contributed by atoms with Crippen molar-refractivity contribution in [1.29, 1.82) is 0 Å². The molecule has 2 aromatic rings. The van der Waals surface area contributed by atoms with Crippen LogP contribution in [0.1, 0.15) is 16.3 Å². The number of aryl methyl sites for hydroxylation is 1. The number of benzene rings is 1. The first-order valence-corrected chi connectivity index (χ1v) is 6.29. The standard InChI is InChI=1S/C13H11F2NOS/c1-8-16-11(7-18-8)6-12(17)4-9-2-3-10(14)5-13(9)15/h2-3,5,7H,4,6H2,1H3. The van der Waals surface area contributed by atoms with Crippen molar-refractivity contribution in [3.8, 4) is 0 Å². The number of hydrogen-bond donors (Lipinski definition) is 0. The molecule has 1 aromatic carbocycles. The van der Waals surface area contributed by atoms with E-state index in [0.717, 1.165) is 17.1 Å². The van der Waals surface area contributed by atoms with Crippen LogP contribution in [0.4, 0.5) is 8.78 Å². The van der Waals surface area contributed by atoms with Crippen molar-refractivity contribution in [3.63, 3.8) is 0 Å². The summed E-state index contributed by atoms with van der Waals surface area (Å²) in [5, 5.41) is 2.71. The SMILES string of the molecule is Cc1nc(CC(=O)Cc2ccc(F)cc2F)cs1. The van der Waals surface area contributed by atoms with Gasteiger partial charge < -0.3 is 0 Å². The van der Waals surface area contributed by atoms with E-state index in [1.54, 1.807) is 0 Å². The van der Waals surface area contributed by atoms with Crippen LogP contribution in [0, 0.1) is 18.6 Å². The van der Waals surface area contributed by atoms with Gasteiger partial charge in [0.15, 0.2) is 0 Å². The summed E-state index contributed by atoms with van der Waals surface area (Å²) in [6.45, 7) is 1.86. The molecule has 0 aliphatic rings. The molecule has 0 fully saturated rings. The third-order valence-corrected chi connectivity index (χ3v) is 3.27. The van der Waals surface area contributed by atoms with Crippen molar-refractivity contribution >= 4 is 17.1 Å². The Bertz CT molecular complexity index is 580. The Hall–Kier alpha value is -1.62. The molecule has 0 spiro atoms. The van der Waals surface area contributed by atoms with Crippen molar-refractivity contribution in [1.82, 2.24) is 4.98 Å². The van der Waals surface area contributed by atoms with Crippen LogP contribution in [0.3, 0.4) is 0 Å². The van der Waals surface area contributed by atoms with Crippen LogP contribution >= 0.6 is 11.3 Å². The van der Waals surface area contributed by atoms with E-state index in [-0.39, 0.29) is 24.2 Å². The molecule has 1 heterocycles. The molecule has 0 radical (unpaired) electrons. The van der Waals surface area contributed by atoms with Gasteiger partial charge in [-0.15, -0.1) is 11.3 Å². The molecule has 0 aliphatic heterocycles. The lowest BCUT2D eigenvalue weighted by Gasteiger charge is -2.02. The van der Waals surface area contributed by atoms with Gasteiger partial charge in [0.1, 0.15) is 17.4 Å². The lowest BCUT2D eigenvalue weighted by atomic mass is 10.1. The van der Waals surface area contributed by atoms with E-state index < -0.39 is 11.6 Å². The predicted molar refractivity (Wildman–Crippen MR) is 65.6 cm³/mol. The fourth-order valence-corrected chi connectivity index (χ4v) is 2.24. The molecule has 0 N–H and O–H groups in total. The zero-order valence-corrected chi connectivity index (χ0v) is 10.6. The molecule has 1 aromatic heterocycles. The first kappa shape index (κ1) is 12.8. The van der Waals surface area contributed by atoms with Crippen LogP contribution in [0.15, 0.2) is 23.6 Å². The minimum Gasteiger partial charge on any atom is -0.299 e. The van der Waals surface area contributed by atoms with Crippen LogP contribution in [0.5, 0.6) is 0 Å². The molecule has 0 aliphatic carbocycles. The van der Waals surface area contributed by atoms with Crippen LogP contribution in [-0.2, 0) is 17.6 Å². The molecule has 0 atom stereocenters. The Morgan fingerprint density at radius 3 is 2.72 bits per heavy atom. The van der Waals surface area contributed by atoms with E-state index in [2.05, 4.69) is 4.98 Å². The average molecular weight is 267 g/mol. The normalized spacial score (nSPS) is 10.6. The lowest BCUT2D eigenvalue weighted by Crippen LogP contribution is -2.08. The molecule has 5 heteroatoms. The largest absolute Gasteiger partial charge is 0.299 e. The number of carbonyl (C=O) groups is 1. The summed E-state index contributed by atoms with van der Waals surface area (Å²) in [6, 6.07) is 3.24. The summed E-state index contributed by atoms with van der Waals surface area (Å²) in [6.07, 6.45) is 0.143. The van der Waals surface area contributed by atoms with Gasteiger partial charge in [-0.2, -0.15) is 0 Å². The highest BCUT2D eigenvalue weighted by molar-refractivity contribution is 7.09. The summed E-state index contributed by atoms with van der Waals surface area (Å²) in [5.74, 6) is -1.46. The molecule has 94 valence electrons. The van der Waals surface area contributed by atoms with E-state index in [1.807, 2.05) is 12.3 Å². The van der Waals surface area contributed by atoms with Gasteiger partial charge in [-0.25, -0.2) is 13.8 Å². The van der Waals surface area contributed by atoms with Crippen molar-refractivity contribution in [2.45, 2.75) is 19.8 Å². The first-order valence-electron chi connectivity index (χ1n) is 5.41. The smallest absolute Gasteiger partial charge is 0.143 e. The minimum absolute atomic E-state index is 0.0390. The summed E-state index contributed by atoms with van der Waals surface area (Å²) in [4.78, 5) is 15.9. The number of nitrogens with zero attached hydrogens (tertiary/aromatic N) is 1. The van der Waals surface area contributed by atoms with Gasteiger partial charge in [0.25, 0.3) is 0 Å². The second kappa shape index (κ2) is 5.35. The molecule has 2 rings (SSSR count). The fraction of sp³-hybridized carbons (Fsp3) is 0.231. The number of hydrogen-bond acceptors (Lipinski definition) is 3. The van der Waals surface area contributed by atoms with E-state index >= 15 is 0 Å². The summed E-state index contributed by atoms with van der Waals surface area (Å²) < 4.78 is 26.0. The second-order valence-electron chi connectivity index (χ2n) is 3.99. The number of Topliss-reactive ketones (excluding diaryl/α,β-unsaturated/α-hetero) is 1. The number of carbonyl (C=O) groups excluding carboxylic acids is 1. The molecule has 0 saturated carbocycles. The number of ketones is 1. The van der Waals surface area contributed by atoms with E-state index in [0.29, 0.717) is 5.69 Å². The van der Waals surface area contributed by atoms with Gasteiger partial charge in [0.05, 0.1) is 10.7 Å². The molecule has 0 amide bonds. The molecule has 2 nitrogen and oxygen atoms in total. The summed E-state index contributed by atoms with van der Waals surface area (Å²) in [5.41, 5.74) is 0.915. The van der Waals surface area contributed by atoms with Crippen molar-refractivity contribution in [3.05, 3.63) is 51.5 Å². The maximum absolute atomic E-state index is 13.3. The Morgan fingerprint density at radius 2 is 2.11 bits per heavy atom. The van der Waals surface area contributed by atoms with Gasteiger partial charge in [0.2, 0.25) is 0 Å². The Kier molecular flexibility index (Phi) is 3.81. The molecular weight excluding hydrogens is 256 g/mol. The van der Waals surface area contributed by atoms with Crippen molar-refractivity contribution in [2.75, 3.05) is 0 Å². The van der Waals surface area contributed by atoms with Gasteiger partial charge in [-0.05, 0) is 18.6 Å². The molecule has 18 heavy (non-hydrogen) atoms. The predicted octanol–water partition coefficient (Wildman–Crippen LogP) is 3.08. The van der Waals surface area contributed by atoms with Gasteiger partial charge >= 0.3 is 0 Å². The maximum Gasteiger partial charge on any atom is 0.143 e. The quantitative estimate of drug-likeness (QED) is 0.852. The summed E-state index contributed by atoms with van der Waals surface area (Å²) in [7, 11) is 0. The molecular formula is C13H11F2NOS. The average Bonchev–Trinajstić information content (AvgIpc) is 2.68. The van der Waals surface area contributed by atoms with Crippen LogP contribution in [0.2, 0.25) is 0 Å². The number of rotatable bonds is 4. The number of thiazole rings is 1. The van der Waals surface area contributed by atoms with Gasteiger partial charge in [-0.1, -0.05) is 6.07 Å².